The van der Waals surface area contributed by atoms with Crippen LogP contribution in [-0.4, -0.2) is 42.1 Å². The number of amides is 1. The molecule has 1 amide bonds. The van der Waals surface area contributed by atoms with Crippen molar-refractivity contribution >= 4 is 64.5 Å². The molecular formula is C15H19Cl3N4O2S. The number of halogens is 3. The Balaban J connectivity index is 0.00000156. The summed E-state index contributed by atoms with van der Waals surface area (Å²) in [4.78, 5) is 19.0. The molecule has 138 valence electrons. The van der Waals surface area contributed by atoms with Gasteiger partial charge in [0.1, 0.15) is 0 Å². The number of nitrogens with zero attached hydrogens (tertiary/aromatic N) is 2. The molecule has 2 aromatic rings. The average molecular weight is 426 g/mol. The smallest absolute Gasteiger partial charge is 0.258 e. The summed E-state index contributed by atoms with van der Waals surface area (Å²) in [5, 5.41) is 5.62. The monoisotopic (exact) mass is 424 g/mol. The Kier molecular flexibility index (Phi) is 8.92. The van der Waals surface area contributed by atoms with Crippen LogP contribution in [-0.2, 0) is 11.3 Å². The fourth-order valence-corrected chi connectivity index (χ4v) is 3.28. The highest BCUT2D eigenvalue weighted by atomic mass is 35.5. The number of carbonyl (C=O) groups excluding carboxylic acids is 1. The third-order valence-electron chi connectivity index (χ3n) is 3.50. The number of rotatable bonds is 4. The third kappa shape index (κ3) is 5.99. The number of nitrogens with two attached hydrogens (primary N) is 1. The summed E-state index contributed by atoms with van der Waals surface area (Å²) in [6, 6.07) is 4.81. The number of carbonyl (C=O) groups is 1. The number of morpholine rings is 1. The number of benzene rings is 1. The van der Waals surface area contributed by atoms with Gasteiger partial charge in [-0.25, -0.2) is 4.98 Å². The summed E-state index contributed by atoms with van der Waals surface area (Å²) in [5.74, 6) is -0.290. The van der Waals surface area contributed by atoms with Crippen molar-refractivity contribution in [3.8, 4) is 0 Å². The lowest BCUT2D eigenvalue weighted by Gasteiger charge is -2.25. The van der Waals surface area contributed by atoms with Gasteiger partial charge in [0.25, 0.3) is 5.91 Å². The number of hydrogen-bond donors (Lipinski definition) is 2. The van der Waals surface area contributed by atoms with E-state index in [1.165, 1.54) is 11.3 Å². The quantitative estimate of drug-likeness (QED) is 0.735. The predicted molar refractivity (Wildman–Crippen MR) is 107 cm³/mol. The lowest BCUT2D eigenvalue weighted by atomic mass is 10.2. The Hall–Kier alpha value is -1.09. The zero-order valence-corrected chi connectivity index (χ0v) is 16.4. The van der Waals surface area contributed by atoms with Crippen molar-refractivity contribution in [2.75, 3.05) is 37.4 Å². The first-order valence-electron chi connectivity index (χ1n) is 7.23. The molecule has 1 aliphatic heterocycles. The third-order valence-corrected chi connectivity index (χ3v) is 4.62. The zero-order chi connectivity index (χ0) is 16.2. The lowest BCUT2D eigenvalue weighted by Crippen LogP contribution is -2.35. The van der Waals surface area contributed by atoms with E-state index in [2.05, 4.69) is 15.2 Å². The molecule has 1 fully saturated rings. The molecule has 3 N–H and O–H groups in total. The van der Waals surface area contributed by atoms with Crippen LogP contribution in [0.3, 0.4) is 0 Å². The Labute approximate surface area is 167 Å². The number of aromatic nitrogens is 1. The van der Waals surface area contributed by atoms with E-state index in [1.807, 2.05) is 5.38 Å². The fraction of sp³-hybridized carbons (Fsp3) is 0.333. The van der Waals surface area contributed by atoms with Gasteiger partial charge in [0, 0.05) is 30.7 Å². The lowest BCUT2D eigenvalue weighted by molar-refractivity contribution is 0.0337. The van der Waals surface area contributed by atoms with Crippen LogP contribution in [0, 0.1) is 0 Å². The first kappa shape index (κ1) is 22.0. The molecule has 1 aromatic carbocycles. The standard InChI is InChI=1S/C15H17ClN4O2S.2ClH/c16-13-7-10(17)1-2-12(13)14(21)19-15-18-11(9-23-15)8-20-3-5-22-6-4-20;;/h1-2,7,9H,3-6,8,17H2,(H,18,19,21);2*1H. The first-order chi connectivity index (χ1) is 11.1. The van der Waals surface area contributed by atoms with Gasteiger partial charge in [0.2, 0.25) is 0 Å². The van der Waals surface area contributed by atoms with E-state index in [-0.39, 0.29) is 30.7 Å². The van der Waals surface area contributed by atoms with Crippen LogP contribution < -0.4 is 11.1 Å². The average Bonchev–Trinajstić information content (AvgIpc) is 2.95. The minimum absolute atomic E-state index is 0. The Bertz CT molecular complexity index is 708. The van der Waals surface area contributed by atoms with E-state index in [0.29, 0.717) is 21.4 Å². The van der Waals surface area contributed by atoms with Crippen LogP contribution in [0.25, 0.3) is 0 Å². The number of nitrogen functional groups attached to an aromatic ring is 1. The first-order valence-corrected chi connectivity index (χ1v) is 8.48. The minimum atomic E-state index is -0.290. The topological polar surface area (TPSA) is 80.5 Å². The van der Waals surface area contributed by atoms with Crippen molar-refractivity contribution in [2.45, 2.75) is 6.54 Å². The van der Waals surface area contributed by atoms with Crippen molar-refractivity contribution < 1.29 is 9.53 Å². The van der Waals surface area contributed by atoms with Gasteiger partial charge in [-0.1, -0.05) is 11.6 Å². The van der Waals surface area contributed by atoms with Crippen molar-refractivity contribution in [2.24, 2.45) is 0 Å². The highest BCUT2D eigenvalue weighted by Gasteiger charge is 2.15. The molecule has 1 saturated heterocycles. The number of nitrogens with one attached hydrogen (secondary N) is 1. The van der Waals surface area contributed by atoms with E-state index in [0.717, 1.165) is 38.5 Å². The van der Waals surface area contributed by atoms with Gasteiger partial charge in [-0.15, -0.1) is 36.2 Å². The predicted octanol–water partition coefficient (Wildman–Crippen LogP) is 3.31. The maximum atomic E-state index is 12.2. The van der Waals surface area contributed by atoms with E-state index >= 15 is 0 Å². The Morgan fingerprint density at radius 3 is 2.76 bits per heavy atom. The molecule has 0 radical (unpaired) electrons. The molecule has 6 nitrogen and oxygen atoms in total. The van der Waals surface area contributed by atoms with Gasteiger partial charge < -0.3 is 10.5 Å². The zero-order valence-electron chi connectivity index (χ0n) is 13.2. The fourth-order valence-electron chi connectivity index (χ4n) is 2.31. The van der Waals surface area contributed by atoms with Gasteiger partial charge in [-0.3, -0.25) is 15.0 Å². The summed E-state index contributed by atoms with van der Waals surface area (Å²) in [7, 11) is 0. The summed E-state index contributed by atoms with van der Waals surface area (Å²) in [5.41, 5.74) is 7.48. The van der Waals surface area contributed by atoms with E-state index in [1.54, 1.807) is 18.2 Å². The van der Waals surface area contributed by atoms with Crippen LogP contribution >= 0.6 is 47.8 Å². The molecule has 10 heteroatoms. The number of hydrogen-bond acceptors (Lipinski definition) is 6. The summed E-state index contributed by atoms with van der Waals surface area (Å²) in [6.07, 6.45) is 0. The maximum Gasteiger partial charge on any atom is 0.258 e. The molecule has 1 aliphatic rings. The number of anilines is 2. The van der Waals surface area contributed by atoms with Crippen molar-refractivity contribution in [1.82, 2.24) is 9.88 Å². The highest BCUT2D eigenvalue weighted by Crippen LogP contribution is 2.22. The molecule has 0 atom stereocenters. The van der Waals surface area contributed by atoms with Crippen molar-refractivity contribution in [3.63, 3.8) is 0 Å². The van der Waals surface area contributed by atoms with Gasteiger partial charge in [-0.05, 0) is 18.2 Å². The van der Waals surface area contributed by atoms with Gasteiger partial charge in [-0.2, -0.15) is 0 Å². The molecule has 25 heavy (non-hydrogen) atoms. The van der Waals surface area contributed by atoms with Gasteiger partial charge >= 0.3 is 0 Å². The minimum Gasteiger partial charge on any atom is -0.399 e. The molecule has 2 heterocycles. The molecule has 0 unspecified atom stereocenters. The molecular weight excluding hydrogens is 407 g/mol. The number of thiazole rings is 1. The molecule has 0 spiro atoms. The summed E-state index contributed by atoms with van der Waals surface area (Å²) >= 11 is 7.45. The van der Waals surface area contributed by atoms with Crippen LogP contribution in [0.15, 0.2) is 23.6 Å². The maximum absolute atomic E-state index is 12.2. The van der Waals surface area contributed by atoms with E-state index in [9.17, 15) is 4.79 Å². The normalized spacial score (nSPS) is 14.3. The van der Waals surface area contributed by atoms with E-state index in [4.69, 9.17) is 22.1 Å². The molecule has 0 bridgehead atoms. The second-order valence-corrected chi connectivity index (χ2v) is 6.49. The second kappa shape index (κ2) is 10.2. The Morgan fingerprint density at radius 1 is 1.36 bits per heavy atom. The summed E-state index contributed by atoms with van der Waals surface area (Å²) < 4.78 is 5.33. The molecule has 1 aromatic heterocycles. The Morgan fingerprint density at radius 2 is 2.08 bits per heavy atom. The van der Waals surface area contributed by atoms with Gasteiger partial charge in [0.05, 0.1) is 29.5 Å². The second-order valence-electron chi connectivity index (χ2n) is 5.23. The molecule has 0 aliphatic carbocycles. The van der Waals surface area contributed by atoms with Crippen molar-refractivity contribution in [3.05, 3.63) is 39.9 Å². The largest absolute Gasteiger partial charge is 0.399 e. The highest BCUT2D eigenvalue weighted by molar-refractivity contribution is 7.14. The molecule has 3 rings (SSSR count). The van der Waals surface area contributed by atoms with Crippen LogP contribution in [0.2, 0.25) is 5.02 Å². The SMILES string of the molecule is Cl.Cl.Nc1ccc(C(=O)Nc2nc(CN3CCOCC3)cs2)c(Cl)c1. The van der Waals surface area contributed by atoms with Crippen LogP contribution in [0.4, 0.5) is 10.8 Å². The van der Waals surface area contributed by atoms with E-state index < -0.39 is 0 Å². The van der Waals surface area contributed by atoms with Gasteiger partial charge in [0.15, 0.2) is 5.13 Å². The van der Waals surface area contributed by atoms with Crippen LogP contribution in [0.5, 0.6) is 0 Å². The number of ether oxygens (including phenoxy) is 1. The van der Waals surface area contributed by atoms with Crippen LogP contribution in [0.1, 0.15) is 16.1 Å². The van der Waals surface area contributed by atoms with Crippen molar-refractivity contribution in [1.29, 1.82) is 0 Å². The molecule has 0 saturated carbocycles. The summed E-state index contributed by atoms with van der Waals surface area (Å²) in [6.45, 7) is 4.08.